The SMILES string of the molecule is CC(C)(C)c1ccc2c(c1)c1cc(C(C)(C)C)ccc1n2-c1ccc2c(c1)c1cc(-n3c4ccc(C(C)(C)C)cc4c4cc(C(C)(C)C)ccc43)ccc1n2CCCCBr. The molecule has 0 amide bonds. The fraction of sp³-hybridized carbons (Fsp3) is 0.357. The Morgan fingerprint density at radius 2 is 0.633 bits per heavy atom. The largest absolute Gasteiger partial charge is 0.340 e. The van der Waals surface area contributed by atoms with E-state index in [9.17, 15) is 0 Å². The summed E-state index contributed by atoms with van der Waals surface area (Å²) in [6, 6.07) is 43.0. The van der Waals surface area contributed by atoms with Crippen molar-refractivity contribution in [2.45, 2.75) is 124 Å². The molecule has 3 heterocycles. The van der Waals surface area contributed by atoms with Crippen molar-refractivity contribution in [3.05, 3.63) is 131 Å². The second-order valence-electron chi connectivity index (χ2n) is 21.5. The van der Waals surface area contributed by atoms with Crippen LogP contribution in [0, 0.1) is 0 Å². The van der Waals surface area contributed by atoms with Crippen LogP contribution < -0.4 is 0 Å². The zero-order valence-corrected chi connectivity index (χ0v) is 39.5. The number of hydrogen-bond acceptors (Lipinski definition) is 0. The number of halogens is 1. The van der Waals surface area contributed by atoms with Crippen molar-refractivity contribution in [2.24, 2.45) is 0 Å². The topological polar surface area (TPSA) is 14.8 Å². The summed E-state index contributed by atoms with van der Waals surface area (Å²) in [7, 11) is 0. The molecular weight excluding hydrogens is 795 g/mol. The molecule has 308 valence electrons. The molecule has 3 aromatic heterocycles. The summed E-state index contributed by atoms with van der Waals surface area (Å²) in [5.41, 5.74) is 15.6. The maximum Gasteiger partial charge on any atom is 0.0541 e. The highest BCUT2D eigenvalue weighted by molar-refractivity contribution is 9.09. The molecule has 9 aromatic rings. The van der Waals surface area contributed by atoms with Crippen molar-refractivity contribution in [1.29, 1.82) is 0 Å². The van der Waals surface area contributed by atoms with E-state index in [-0.39, 0.29) is 21.7 Å². The zero-order chi connectivity index (χ0) is 42.7. The Kier molecular flexibility index (Phi) is 9.56. The molecule has 0 N–H and O–H groups in total. The quantitative estimate of drug-likeness (QED) is 0.117. The van der Waals surface area contributed by atoms with Crippen molar-refractivity contribution in [1.82, 2.24) is 13.7 Å². The van der Waals surface area contributed by atoms with E-state index in [1.54, 1.807) is 0 Å². The Bertz CT molecular complexity index is 2790. The molecular formula is C56H62BrN3. The van der Waals surface area contributed by atoms with Crippen molar-refractivity contribution in [2.75, 3.05) is 5.33 Å². The van der Waals surface area contributed by atoms with Crippen LogP contribution in [0.5, 0.6) is 0 Å². The predicted molar refractivity (Wildman–Crippen MR) is 266 cm³/mol. The molecule has 4 heteroatoms. The average molecular weight is 857 g/mol. The summed E-state index contributed by atoms with van der Waals surface area (Å²) in [5.74, 6) is 0. The van der Waals surface area contributed by atoms with Crippen molar-refractivity contribution in [3.63, 3.8) is 0 Å². The number of unbranched alkanes of at least 4 members (excludes halogenated alkanes) is 1. The van der Waals surface area contributed by atoms with Gasteiger partial charge in [-0.05, 0) is 142 Å². The summed E-state index contributed by atoms with van der Waals surface area (Å²) in [6.45, 7) is 28.8. The lowest BCUT2D eigenvalue weighted by molar-refractivity contribution is 0.590. The first kappa shape index (κ1) is 40.6. The van der Waals surface area contributed by atoms with Gasteiger partial charge in [0, 0.05) is 66.6 Å². The van der Waals surface area contributed by atoms with Gasteiger partial charge in [0.15, 0.2) is 0 Å². The first-order valence-corrected chi connectivity index (χ1v) is 23.2. The first-order valence-electron chi connectivity index (χ1n) is 22.1. The number of aryl methyl sites for hydroxylation is 1. The van der Waals surface area contributed by atoms with Gasteiger partial charge in [0.25, 0.3) is 0 Å². The number of nitrogens with zero attached hydrogens (tertiary/aromatic N) is 3. The lowest BCUT2D eigenvalue weighted by Crippen LogP contribution is -2.10. The minimum atomic E-state index is 0.0532. The van der Waals surface area contributed by atoms with Gasteiger partial charge in [0.05, 0.1) is 22.1 Å². The lowest BCUT2D eigenvalue weighted by atomic mass is 9.85. The molecule has 0 saturated heterocycles. The van der Waals surface area contributed by atoms with E-state index in [4.69, 9.17) is 0 Å². The second kappa shape index (κ2) is 14.1. The van der Waals surface area contributed by atoms with Gasteiger partial charge in [-0.15, -0.1) is 0 Å². The Morgan fingerprint density at radius 3 is 0.917 bits per heavy atom. The fourth-order valence-corrected chi connectivity index (χ4v) is 9.83. The maximum atomic E-state index is 3.70. The Hall–Kier alpha value is -4.80. The average Bonchev–Trinajstić information content (AvgIpc) is 3.80. The summed E-state index contributed by atoms with van der Waals surface area (Å²) in [4.78, 5) is 0. The van der Waals surface area contributed by atoms with Crippen molar-refractivity contribution in [3.8, 4) is 11.4 Å². The van der Waals surface area contributed by atoms with E-state index in [1.807, 2.05) is 0 Å². The van der Waals surface area contributed by atoms with Crippen molar-refractivity contribution < 1.29 is 0 Å². The third-order valence-electron chi connectivity index (χ3n) is 13.1. The van der Waals surface area contributed by atoms with E-state index in [0.29, 0.717) is 0 Å². The molecule has 0 unspecified atom stereocenters. The molecule has 0 aliphatic rings. The van der Waals surface area contributed by atoms with E-state index in [1.165, 1.54) is 99.0 Å². The van der Waals surface area contributed by atoms with Crippen LogP contribution in [0.15, 0.2) is 109 Å². The molecule has 0 aliphatic heterocycles. The summed E-state index contributed by atoms with van der Waals surface area (Å²) >= 11 is 3.70. The molecule has 0 radical (unpaired) electrons. The number of benzene rings is 6. The molecule has 60 heavy (non-hydrogen) atoms. The fourth-order valence-electron chi connectivity index (χ4n) is 9.43. The van der Waals surface area contributed by atoms with Crippen molar-refractivity contribution >= 4 is 81.3 Å². The number of alkyl halides is 1. The molecule has 0 fully saturated rings. The number of rotatable bonds is 6. The number of aromatic nitrogens is 3. The molecule has 6 aromatic carbocycles. The minimum absolute atomic E-state index is 0.0532. The highest BCUT2D eigenvalue weighted by atomic mass is 79.9. The molecule has 3 nitrogen and oxygen atoms in total. The molecule has 0 spiro atoms. The van der Waals surface area contributed by atoms with Crippen LogP contribution in [0.3, 0.4) is 0 Å². The monoisotopic (exact) mass is 855 g/mol. The summed E-state index contributed by atoms with van der Waals surface area (Å²) in [5, 5.41) is 8.87. The number of fused-ring (bicyclic) bond motifs is 9. The normalized spacial score (nSPS) is 13.3. The standard InChI is InChI=1S/C56H62BrN3/c1-53(2,3)35-15-21-49-41(29-35)42-30-36(54(4,5)6)16-22-50(42)59(49)39-19-25-47-45(33-39)46-34-40(20-26-48(46)58(47)28-14-13-27-57)60-51-23-17-37(55(7,8)9)31-43(51)44-32-38(56(10,11)12)18-24-52(44)60/h15-26,29-34H,13-14,27-28H2,1-12H3. The Labute approximate surface area is 365 Å². The third kappa shape index (κ3) is 6.78. The van der Waals surface area contributed by atoms with Gasteiger partial charge in [0.1, 0.15) is 0 Å². The highest BCUT2D eigenvalue weighted by Crippen LogP contribution is 2.42. The van der Waals surface area contributed by atoms with Gasteiger partial charge in [-0.2, -0.15) is 0 Å². The van der Waals surface area contributed by atoms with E-state index >= 15 is 0 Å². The van der Waals surface area contributed by atoms with Gasteiger partial charge in [-0.3, -0.25) is 0 Å². The Balaban J connectivity index is 1.31. The van der Waals surface area contributed by atoms with Crippen LogP contribution in [0.2, 0.25) is 0 Å². The first-order chi connectivity index (χ1) is 28.2. The lowest BCUT2D eigenvalue weighted by Gasteiger charge is -2.19. The Morgan fingerprint density at radius 1 is 0.350 bits per heavy atom. The van der Waals surface area contributed by atoms with Gasteiger partial charge < -0.3 is 13.7 Å². The van der Waals surface area contributed by atoms with Crippen LogP contribution >= 0.6 is 15.9 Å². The molecule has 0 aliphatic carbocycles. The van der Waals surface area contributed by atoms with Gasteiger partial charge in [-0.25, -0.2) is 0 Å². The van der Waals surface area contributed by atoms with E-state index in [0.717, 1.165) is 24.7 Å². The van der Waals surface area contributed by atoms with Gasteiger partial charge >= 0.3 is 0 Å². The highest BCUT2D eigenvalue weighted by Gasteiger charge is 2.24. The molecule has 0 bridgehead atoms. The smallest absolute Gasteiger partial charge is 0.0541 e. The van der Waals surface area contributed by atoms with E-state index < -0.39 is 0 Å². The molecule has 0 saturated carbocycles. The van der Waals surface area contributed by atoms with Gasteiger partial charge in [-0.1, -0.05) is 123 Å². The summed E-state index contributed by atoms with van der Waals surface area (Å²) in [6.07, 6.45) is 2.26. The number of hydrogen-bond donors (Lipinski definition) is 0. The van der Waals surface area contributed by atoms with E-state index in [2.05, 4.69) is 222 Å². The zero-order valence-electron chi connectivity index (χ0n) is 37.9. The van der Waals surface area contributed by atoms with Crippen LogP contribution in [0.25, 0.3) is 76.8 Å². The molecule has 0 atom stereocenters. The van der Waals surface area contributed by atoms with Crippen LogP contribution in [0.1, 0.15) is 118 Å². The predicted octanol–water partition coefficient (Wildman–Crippen LogP) is 16.4. The van der Waals surface area contributed by atoms with Gasteiger partial charge in [0.2, 0.25) is 0 Å². The second-order valence-corrected chi connectivity index (χ2v) is 22.3. The summed E-state index contributed by atoms with van der Waals surface area (Å²) < 4.78 is 7.58. The van der Waals surface area contributed by atoms with Crippen LogP contribution in [-0.4, -0.2) is 19.0 Å². The minimum Gasteiger partial charge on any atom is -0.340 e. The van der Waals surface area contributed by atoms with Crippen LogP contribution in [0.4, 0.5) is 0 Å². The maximum absolute atomic E-state index is 3.70. The van der Waals surface area contributed by atoms with Crippen LogP contribution in [-0.2, 0) is 28.2 Å². The molecule has 9 rings (SSSR count). The third-order valence-corrected chi connectivity index (χ3v) is 13.7.